The van der Waals surface area contributed by atoms with Gasteiger partial charge in [-0.05, 0) is 93.1 Å². The molecule has 3 aromatic carbocycles. The van der Waals surface area contributed by atoms with E-state index < -0.39 is 23.8 Å². The van der Waals surface area contributed by atoms with Crippen LogP contribution in [-0.4, -0.2) is 45.0 Å². The highest BCUT2D eigenvalue weighted by atomic mass is 19.3. The molecule has 52 heavy (non-hydrogen) atoms. The first-order valence-electron chi connectivity index (χ1n) is 17.5. The van der Waals surface area contributed by atoms with Crippen LogP contribution in [0.2, 0.25) is 0 Å². The third kappa shape index (κ3) is 7.38. The van der Waals surface area contributed by atoms with E-state index in [1.165, 1.54) is 29.8 Å². The Morgan fingerprint density at radius 3 is 2.37 bits per heavy atom. The molecular weight excluding hydrogens is 672 g/mol. The van der Waals surface area contributed by atoms with E-state index in [2.05, 4.69) is 42.8 Å². The average molecular weight is 711 g/mol. The number of nitrogens with one attached hydrogen (secondary N) is 2. The summed E-state index contributed by atoms with van der Waals surface area (Å²) < 4.78 is 56.8. The first kappa shape index (κ1) is 35.2. The van der Waals surface area contributed by atoms with E-state index >= 15 is 4.39 Å². The molecule has 0 aliphatic carbocycles. The molecule has 12 heteroatoms. The molecule has 2 aliphatic heterocycles. The number of halogens is 4. The van der Waals surface area contributed by atoms with Gasteiger partial charge in [-0.1, -0.05) is 42.5 Å². The number of piperidine rings is 2. The summed E-state index contributed by atoms with van der Waals surface area (Å²) in [6.45, 7) is 5.69. The SMILES string of the molecule is Cc1nnc(NC(C)c2cccc(C(F)F)c2F)c2cc(-c3cc(F)cc(CN4CCC(c5ccc(C6CCC(=O)NC6=O)cc5)CC4)c3)ncc12. The Kier molecular flexibility index (Phi) is 10.0. The number of carbonyl (C=O) groups is 2. The topological polar surface area (TPSA) is 100 Å². The molecule has 8 nitrogen and oxygen atoms in total. The van der Waals surface area contributed by atoms with E-state index in [4.69, 9.17) is 0 Å². The smallest absolute Gasteiger partial charge is 0.266 e. The second kappa shape index (κ2) is 14.8. The van der Waals surface area contributed by atoms with Crippen molar-refractivity contribution in [1.82, 2.24) is 25.4 Å². The highest BCUT2D eigenvalue weighted by Gasteiger charge is 2.28. The van der Waals surface area contributed by atoms with Gasteiger partial charge in [0.2, 0.25) is 11.8 Å². The van der Waals surface area contributed by atoms with Crippen molar-refractivity contribution in [2.45, 2.75) is 70.4 Å². The van der Waals surface area contributed by atoms with E-state index in [0.717, 1.165) is 43.1 Å². The van der Waals surface area contributed by atoms with Crippen molar-refractivity contribution in [2.75, 3.05) is 18.4 Å². The number of pyridine rings is 1. The van der Waals surface area contributed by atoms with Crippen molar-refractivity contribution in [2.24, 2.45) is 0 Å². The molecule has 0 bridgehead atoms. The fraction of sp³-hybridized carbons (Fsp3) is 0.325. The molecule has 4 heterocycles. The Hall–Kier alpha value is -5.23. The van der Waals surface area contributed by atoms with Crippen LogP contribution in [0.1, 0.15) is 90.4 Å². The Bertz CT molecular complexity index is 2140. The van der Waals surface area contributed by atoms with Crippen LogP contribution in [0.4, 0.5) is 23.4 Å². The number of nitrogens with zero attached hydrogens (tertiary/aromatic N) is 4. The second-order valence-corrected chi connectivity index (χ2v) is 13.7. The number of rotatable bonds is 9. The molecule has 0 saturated carbocycles. The zero-order valence-corrected chi connectivity index (χ0v) is 28.8. The molecule has 2 aliphatic rings. The molecule has 5 aromatic rings. The summed E-state index contributed by atoms with van der Waals surface area (Å²) in [5.74, 6) is -1.41. The number of aromatic nitrogens is 3. The number of imide groups is 1. The standard InChI is InChI=1S/C40H38F4N6O2/c1-22(30-4-3-5-32(37(30)42)38(43)44)46-39-33-19-35(45-20-34(33)23(2)48-49-39)28-16-24(17-29(41)18-28)21-50-14-12-26(13-15-50)25-6-8-27(9-7-25)31-10-11-36(51)47-40(31)52/h3-9,16-20,22,26,31,38H,10-15,21H2,1-2H3,(H,46,49)(H,47,51,52). The number of benzene rings is 3. The number of anilines is 1. The van der Waals surface area contributed by atoms with Crippen molar-refractivity contribution in [3.63, 3.8) is 0 Å². The van der Waals surface area contributed by atoms with Crippen molar-refractivity contribution >= 4 is 28.4 Å². The van der Waals surface area contributed by atoms with Gasteiger partial charge in [0.1, 0.15) is 11.6 Å². The number of fused-ring (bicyclic) bond motifs is 1. The van der Waals surface area contributed by atoms with Gasteiger partial charge < -0.3 is 5.32 Å². The molecule has 2 N–H and O–H groups in total. The maximum atomic E-state index is 15.1. The lowest BCUT2D eigenvalue weighted by atomic mass is 9.86. The van der Waals surface area contributed by atoms with Gasteiger partial charge in [-0.15, -0.1) is 5.10 Å². The van der Waals surface area contributed by atoms with Crippen LogP contribution in [0.5, 0.6) is 0 Å². The van der Waals surface area contributed by atoms with Crippen LogP contribution in [0.25, 0.3) is 22.0 Å². The third-order valence-electron chi connectivity index (χ3n) is 10.3. The number of likely N-dealkylation sites (tertiary alicyclic amines) is 1. The second-order valence-electron chi connectivity index (χ2n) is 13.7. The number of alkyl halides is 2. The third-order valence-corrected chi connectivity index (χ3v) is 10.3. The normalized spacial score (nSPS) is 17.8. The fourth-order valence-corrected chi connectivity index (χ4v) is 7.38. The highest BCUT2D eigenvalue weighted by Crippen LogP contribution is 2.34. The van der Waals surface area contributed by atoms with Crippen LogP contribution >= 0.6 is 0 Å². The number of amides is 2. The summed E-state index contributed by atoms with van der Waals surface area (Å²) in [7, 11) is 0. The fourth-order valence-electron chi connectivity index (χ4n) is 7.38. The quantitative estimate of drug-likeness (QED) is 0.117. The van der Waals surface area contributed by atoms with Gasteiger partial charge in [0, 0.05) is 41.1 Å². The van der Waals surface area contributed by atoms with Gasteiger partial charge in [-0.3, -0.25) is 24.8 Å². The lowest BCUT2D eigenvalue weighted by molar-refractivity contribution is -0.134. The lowest BCUT2D eigenvalue weighted by Gasteiger charge is -2.32. The van der Waals surface area contributed by atoms with Gasteiger partial charge in [0.15, 0.2) is 5.82 Å². The molecule has 2 unspecified atom stereocenters. The van der Waals surface area contributed by atoms with Crippen LogP contribution in [0.15, 0.2) is 72.9 Å². The van der Waals surface area contributed by atoms with Crippen LogP contribution in [0, 0.1) is 18.6 Å². The molecule has 2 aromatic heterocycles. The van der Waals surface area contributed by atoms with Crippen molar-refractivity contribution in [3.05, 3.63) is 118 Å². The molecule has 7 rings (SSSR count). The predicted octanol–water partition coefficient (Wildman–Crippen LogP) is 8.29. The summed E-state index contributed by atoms with van der Waals surface area (Å²) in [6.07, 6.45) is 1.46. The molecule has 2 amide bonds. The molecule has 0 spiro atoms. The predicted molar refractivity (Wildman–Crippen MR) is 190 cm³/mol. The number of hydrogen-bond acceptors (Lipinski definition) is 7. The summed E-state index contributed by atoms with van der Waals surface area (Å²) in [6, 6.07) is 18.1. The molecule has 0 radical (unpaired) electrons. The molecule has 2 atom stereocenters. The summed E-state index contributed by atoms with van der Waals surface area (Å²) in [5, 5.41) is 15.4. The average Bonchev–Trinajstić information content (AvgIpc) is 3.13. The van der Waals surface area contributed by atoms with Crippen LogP contribution in [0.3, 0.4) is 0 Å². The lowest BCUT2D eigenvalue weighted by Crippen LogP contribution is -2.39. The minimum absolute atomic E-state index is 0.0732. The molecule has 2 saturated heterocycles. The van der Waals surface area contributed by atoms with E-state index in [0.29, 0.717) is 58.8 Å². The Balaban J connectivity index is 1.05. The summed E-state index contributed by atoms with van der Waals surface area (Å²) in [4.78, 5) is 30.7. The number of carbonyl (C=O) groups excluding carboxylic acids is 2. The Morgan fingerprint density at radius 2 is 1.63 bits per heavy atom. The van der Waals surface area contributed by atoms with Crippen LogP contribution in [-0.2, 0) is 16.1 Å². The minimum Gasteiger partial charge on any atom is -0.361 e. The van der Waals surface area contributed by atoms with Crippen LogP contribution < -0.4 is 10.6 Å². The van der Waals surface area contributed by atoms with Crippen molar-refractivity contribution in [1.29, 1.82) is 0 Å². The van der Waals surface area contributed by atoms with E-state index in [1.807, 2.05) is 18.2 Å². The first-order chi connectivity index (χ1) is 25.0. The van der Waals surface area contributed by atoms with Gasteiger partial charge in [-0.2, -0.15) is 5.10 Å². The zero-order valence-electron chi connectivity index (χ0n) is 28.8. The van der Waals surface area contributed by atoms with Gasteiger partial charge in [0.25, 0.3) is 6.43 Å². The summed E-state index contributed by atoms with van der Waals surface area (Å²) >= 11 is 0. The monoisotopic (exact) mass is 710 g/mol. The maximum Gasteiger partial charge on any atom is 0.266 e. The zero-order chi connectivity index (χ0) is 36.5. The minimum atomic E-state index is -2.94. The first-order valence-corrected chi connectivity index (χ1v) is 17.5. The van der Waals surface area contributed by atoms with Crippen molar-refractivity contribution in [3.8, 4) is 11.3 Å². The van der Waals surface area contributed by atoms with Gasteiger partial charge in [0.05, 0.1) is 28.9 Å². The maximum absolute atomic E-state index is 15.1. The summed E-state index contributed by atoms with van der Waals surface area (Å²) in [5.41, 5.74) is 4.09. The van der Waals surface area contributed by atoms with Crippen molar-refractivity contribution < 1.29 is 27.2 Å². The van der Waals surface area contributed by atoms with E-state index in [1.54, 1.807) is 26.1 Å². The highest BCUT2D eigenvalue weighted by molar-refractivity contribution is 6.01. The largest absolute Gasteiger partial charge is 0.361 e. The molecular formula is C40H38F4N6O2. The van der Waals surface area contributed by atoms with Gasteiger partial charge >= 0.3 is 0 Å². The van der Waals surface area contributed by atoms with Gasteiger partial charge in [-0.25, -0.2) is 17.6 Å². The Labute approximate surface area is 298 Å². The van der Waals surface area contributed by atoms with E-state index in [-0.39, 0.29) is 29.1 Å². The number of hydrogen-bond donors (Lipinski definition) is 2. The van der Waals surface area contributed by atoms with E-state index in [9.17, 15) is 22.8 Å². The number of aryl methyl sites for hydroxylation is 1. The molecule has 2 fully saturated rings. The Morgan fingerprint density at radius 1 is 0.904 bits per heavy atom. The molecule has 268 valence electrons.